The summed E-state index contributed by atoms with van der Waals surface area (Å²) in [6.07, 6.45) is 8.59. The summed E-state index contributed by atoms with van der Waals surface area (Å²) in [4.78, 5) is 63.5. The number of allylic oxidation sites excluding steroid dienone is 2. The number of carbonyl (C=O) groups is 4. The molecule has 3 aromatic heterocycles. The van der Waals surface area contributed by atoms with Crippen molar-refractivity contribution in [1.29, 1.82) is 5.26 Å². The monoisotopic (exact) mass is 622 g/mol. The molecule has 2 aliphatic heterocycles. The number of H-pyrrole nitrogens is 1. The Hall–Kier alpha value is -5.21. The Bertz CT molecular complexity index is 1770. The molecule has 1 saturated heterocycles. The number of fused-ring (bicyclic) bond motifs is 2. The summed E-state index contributed by atoms with van der Waals surface area (Å²) in [7, 11) is 0. The van der Waals surface area contributed by atoms with Gasteiger partial charge in [0.25, 0.3) is 17.7 Å². The van der Waals surface area contributed by atoms with Gasteiger partial charge in [-0.05, 0) is 24.6 Å². The predicted molar refractivity (Wildman–Crippen MR) is 155 cm³/mol. The Balaban J connectivity index is 1.29. The van der Waals surface area contributed by atoms with Crippen LogP contribution in [0.5, 0.6) is 0 Å². The lowest BCUT2D eigenvalue weighted by Gasteiger charge is -2.49. The summed E-state index contributed by atoms with van der Waals surface area (Å²) in [6.45, 7) is 2.28. The second-order valence-corrected chi connectivity index (χ2v) is 11.1. The first-order valence-corrected chi connectivity index (χ1v) is 14.7. The van der Waals surface area contributed by atoms with E-state index in [1.54, 1.807) is 55.2 Å². The lowest BCUT2D eigenvalue weighted by Crippen LogP contribution is -2.71. The summed E-state index contributed by atoms with van der Waals surface area (Å²) in [5.74, 6) is -2.77. The molecule has 5 heterocycles. The highest BCUT2D eigenvalue weighted by Crippen LogP contribution is 2.40. The van der Waals surface area contributed by atoms with Crippen LogP contribution in [0.3, 0.4) is 0 Å². The molecule has 0 saturated carbocycles. The smallest absolute Gasteiger partial charge is 0.352 e. The van der Waals surface area contributed by atoms with Crippen LogP contribution in [-0.4, -0.2) is 73.2 Å². The van der Waals surface area contributed by atoms with Gasteiger partial charge < -0.3 is 26.0 Å². The van der Waals surface area contributed by atoms with Crippen LogP contribution in [0.1, 0.15) is 23.1 Å². The number of hydrogen-bond donors (Lipinski definition) is 5. The molecule has 43 heavy (non-hydrogen) atoms. The largest absolute Gasteiger partial charge is 0.477 e. The molecule has 6 N–H and O–H groups in total. The molecule has 0 unspecified atom stereocenters. The quantitative estimate of drug-likeness (QED) is 0.0524. The number of oxime groups is 1. The van der Waals surface area contributed by atoms with Crippen molar-refractivity contribution in [2.75, 3.05) is 18.1 Å². The molecule has 3 aromatic rings. The number of pyridine rings is 1. The number of nitrogen functional groups attached to an aromatic ring is 1. The number of nitrogens with zero attached hydrogens (tertiary/aromatic N) is 5. The Morgan fingerprint density at radius 1 is 1.44 bits per heavy atom. The van der Waals surface area contributed by atoms with Gasteiger partial charge in [-0.25, -0.2) is 14.3 Å². The molecule has 17 heteroatoms. The van der Waals surface area contributed by atoms with E-state index < -0.39 is 35.1 Å². The SMILES string of the molecule is CCO/N=C(\C(=O)N[C@@H]1C(=O)N2C(C(=O)O)=C(/C=C/C[n+]3ccc4[nH]c(C(=O)NC#N)cc4c3)CS[C@H]12)c1csc(N)n1. The first-order valence-electron chi connectivity index (χ1n) is 12.7. The number of carbonyl (C=O) groups excluding carboxylic acids is 3. The molecule has 5 rings (SSSR count). The fourth-order valence-electron chi connectivity index (χ4n) is 4.50. The van der Waals surface area contributed by atoms with E-state index in [4.69, 9.17) is 15.8 Å². The number of hydrogen-bond acceptors (Lipinski definition) is 11. The number of aromatic nitrogens is 3. The Morgan fingerprint density at radius 3 is 2.95 bits per heavy atom. The molecule has 0 spiro atoms. The van der Waals surface area contributed by atoms with E-state index in [9.17, 15) is 24.3 Å². The van der Waals surface area contributed by atoms with E-state index in [0.29, 0.717) is 23.4 Å². The number of carboxylic acid groups (broad SMARTS) is 1. The van der Waals surface area contributed by atoms with Crippen molar-refractivity contribution in [2.45, 2.75) is 24.9 Å². The minimum absolute atomic E-state index is 0.142. The summed E-state index contributed by atoms with van der Waals surface area (Å²) < 4.78 is 1.83. The van der Waals surface area contributed by atoms with Gasteiger partial charge in [-0.15, -0.1) is 23.1 Å². The maximum absolute atomic E-state index is 13.1. The van der Waals surface area contributed by atoms with Crippen LogP contribution in [0.4, 0.5) is 5.13 Å². The predicted octanol–water partition coefficient (Wildman–Crippen LogP) is 0.441. The van der Waals surface area contributed by atoms with Crippen LogP contribution < -0.4 is 20.9 Å². The number of amides is 3. The van der Waals surface area contributed by atoms with Crippen molar-refractivity contribution in [3.05, 3.63) is 64.7 Å². The molecule has 2 atom stereocenters. The highest BCUT2D eigenvalue weighted by Gasteiger charge is 2.54. The van der Waals surface area contributed by atoms with Gasteiger partial charge in [0, 0.05) is 17.2 Å². The maximum Gasteiger partial charge on any atom is 0.352 e. The fraction of sp³-hybridized carbons (Fsp3) is 0.231. The van der Waals surface area contributed by atoms with Crippen LogP contribution >= 0.6 is 23.1 Å². The minimum atomic E-state index is -1.26. The first-order chi connectivity index (χ1) is 20.7. The third kappa shape index (κ3) is 5.91. The summed E-state index contributed by atoms with van der Waals surface area (Å²) in [6, 6.07) is 2.42. The molecule has 1 fully saturated rings. The molecular weight excluding hydrogens is 598 g/mol. The number of nitriles is 1. The molecule has 3 amide bonds. The molecular formula is C26H24N9O6S2+. The minimum Gasteiger partial charge on any atom is -0.477 e. The van der Waals surface area contributed by atoms with Gasteiger partial charge in [0.15, 0.2) is 36.0 Å². The Kier molecular flexibility index (Phi) is 8.41. The van der Waals surface area contributed by atoms with Gasteiger partial charge in [0.1, 0.15) is 35.1 Å². The number of rotatable bonds is 10. The van der Waals surface area contributed by atoms with Gasteiger partial charge >= 0.3 is 5.97 Å². The summed E-state index contributed by atoms with van der Waals surface area (Å²) in [5, 5.41) is 29.1. The van der Waals surface area contributed by atoms with E-state index in [-0.39, 0.29) is 34.5 Å². The standard InChI is InChI=1S/C26H23N9O6S2/c1-2-41-33-18(17-11-43-26(28)31-17)22(37)32-19-23(38)35-20(25(39)40)13(10-42-24(19)35)4-3-6-34-7-5-15-14(9-34)8-16(30-15)21(36)29-12-27/h3-5,7-9,11,19,24H,2,6,10H2,1H3,(H5,28,29,31,32,36,37,39,40)/p+1/b4-3+,33-18-/t19-,24-/m1/s1. The lowest BCUT2D eigenvalue weighted by molar-refractivity contribution is -0.685. The lowest BCUT2D eigenvalue weighted by atomic mass is 10.0. The number of thioether (sulfide) groups is 1. The average Bonchev–Trinajstić information content (AvgIpc) is 3.61. The van der Waals surface area contributed by atoms with Crippen molar-refractivity contribution >= 4 is 68.5 Å². The van der Waals surface area contributed by atoms with E-state index in [0.717, 1.165) is 16.7 Å². The maximum atomic E-state index is 13.1. The second-order valence-electron chi connectivity index (χ2n) is 9.13. The van der Waals surface area contributed by atoms with Crippen molar-refractivity contribution in [3.63, 3.8) is 0 Å². The molecule has 0 aromatic carbocycles. The zero-order valence-electron chi connectivity index (χ0n) is 22.4. The number of thiazole rings is 1. The highest BCUT2D eigenvalue weighted by atomic mass is 32.2. The van der Waals surface area contributed by atoms with Gasteiger partial charge in [0.05, 0.1) is 10.9 Å². The summed E-state index contributed by atoms with van der Waals surface area (Å²) in [5.41, 5.74) is 6.99. The molecule has 0 bridgehead atoms. The van der Waals surface area contributed by atoms with Crippen molar-refractivity contribution in [1.82, 2.24) is 25.5 Å². The van der Waals surface area contributed by atoms with Gasteiger partial charge in [0.2, 0.25) is 0 Å². The second kappa shape index (κ2) is 12.3. The zero-order valence-corrected chi connectivity index (χ0v) is 24.1. The number of anilines is 1. The molecule has 2 aliphatic rings. The third-order valence-corrected chi connectivity index (χ3v) is 8.39. The van der Waals surface area contributed by atoms with Crippen LogP contribution in [0.15, 0.2) is 58.5 Å². The zero-order chi connectivity index (χ0) is 30.7. The summed E-state index contributed by atoms with van der Waals surface area (Å²) >= 11 is 2.44. The average molecular weight is 623 g/mol. The number of nitrogens with one attached hydrogen (secondary N) is 3. The van der Waals surface area contributed by atoms with Gasteiger partial charge in [-0.2, -0.15) is 5.26 Å². The van der Waals surface area contributed by atoms with Crippen molar-refractivity contribution < 1.29 is 33.7 Å². The van der Waals surface area contributed by atoms with Crippen molar-refractivity contribution in [3.8, 4) is 6.19 Å². The molecule has 0 radical (unpaired) electrons. The van der Waals surface area contributed by atoms with E-state index in [1.165, 1.54) is 16.7 Å². The van der Waals surface area contributed by atoms with Crippen molar-refractivity contribution in [2.24, 2.45) is 5.16 Å². The highest BCUT2D eigenvalue weighted by molar-refractivity contribution is 8.00. The normalized spacial score (nSPS) is 18.3. The number of aromatic amines is 1. The van der Waals surface area contributed by atoms with Gasteiger partial charge in [-0.1, -0.05) is 11.2 Å². The Labute approximate surface area is 251 Å². The Morgan fingerprint density at radius 2 is 2.26 bits per heavy atom. The number of nitrogens with two attached hydrogens (primary N) is 1. The molecule has 220 valence electrons. The number of aliphatic carboxylic acids is 1. The molecule has 0 aliphatic carbocycles. The van der Waals surface area contributed by atoms with E-state index >= 15 is 0 Å². The van der Waals surface area contributed by atoms with Gasteiger partial charge in [-0.3, -0.25) is 24.6 Å². The van der Waals surface area contributed by atoms with Crippen LogP contribution in [0.25, 0.3) is 10.9 Å². The topological polar surface area (TPSA) is 220 Å². The number of carboxylic acids is 1. The molecule has 15 nitrogen and oxygen atoms in total. The third-order valence-electron chi connectivity index (χ3n) is 6.42. The first kappa shape index (κ1) is 29.3. The number of β-lactam (4-membered cyclic amide) rings is 1. The van der Waals surface area contributed by atoms with E-state index in [2.05, 4.69) is 25.8 Å². The van der Waals surface area contributed by atoms with Crippen LogP contribution in [0.2, 0.25) is 0 Å². The van der Waals surface area contributed by atoms with Crippen LogP contribution in [-0.2, 0) is 25.8 Å². The fourth-order valence-corrected chi connectivity index (χ4v) is 6.37. The van der Waals surface area contributed by atoms with Crippen LogP contribution in [0, 0.1) is 11.5 Å². The van der Waals surface area contributed by atoms with E-state index in [1.807, 2.05) is 4.57 Å².